The molecule has 106 valence electrons. The highest BCUT2D eigenvalue weighted by Gasteiger charge is 2.25. The van der Waals surface area contributed by atoms with E-state index < -0.39 is 0 Å². The van der Waals surface area contributed by atoms with E-state index >= 15 is 0 Å². The van der Waals surface area contributed by atoms with Crippen LogP contribution >= 0.6 is 0 Å². The summed E-state index contributed by atoms with van der Waals surface area (Å²) < 4.78 is 0. The molecule has 1 aliphatic rings. The number of carbonyl (C=O) groups excluding carboxylic acids is 1. The highest BCUT2D eigenvalue weighted by atomic mass is 16.1. The first-order valence-electron chi connectivity index (χ1n) is 7.36. The molecule has 1 amide bonds. The molecule has 20 heavy (non-hydrogen) atoms. The van der Waals surface area contributed by atoms with Gasteiger partial charge in [-0.15, -0.1) is 0 Å². The first-order chi connectivity index (χ1) is 9.61. The highest BCUT2D eigenvalue weighted by molar-refractivity contribution is 5.97. The van der Waals surface area contributed by atoms with Crippen molar-refractivity contribution < 1.29 is 4.79 Å². The molecule has 0 saturated heterocycles. The van der Waals surface area contributed by atoms with Crippen molar-refractivity contribution in [1.29, 1.82) is 0 Å². The molecule has 0 spiro atoms. The van der Waals surface area contributed by atoms with Crippen LogP contribution in [0.5, 0.6) is 0 Å². The van der Waals surface area contributed by atoms with Crippen LogP contribution in [0.3, 0.4) is 0 Å². The van der Waals surface area contributed by atoms with Crippen LogP contribution in [-0.4, -0.2) is 22.1 Å². The minimum atomic E-state index is 0.0211. The number of aromatic nitrogens is 2. The number of hydrogen-bond donors (Lipinski definition) is 2. The number of rotatable bonds is 2. The van der Waals surface area contributed by atoms with E-state index in [0.29, 0.717) is 23.4 Å². The Labute approximate surface area is 119 Å². The Kier molecular flexibility index (Phi) is 3.47. The van der Waals surface area contributed by atoms with Crippen molar-refractivity contribution in [2.24, 2.45) is 11.8 Å². The Morgan fingerprint density at radius 2 is 2.00 bits per heavy atom. The highest BCUT2D eigenvalue weighted by Crippen LogP contribution is 2.28. The van der Waals surface area contributed by atoms with Crippen molar-refractivity contribution in [1.82, 2.24) is 15.5 Å². The predicted octanol–water partition coefficient (Wildman–Crippen LogP) is 3.12. The standard InChI is InChI=1S/C16H21N3O/c1-10-5-11(2)7-14(6-10)18-16(20)12-3-4-13-9-17-19-15(13)8-12/h3-4,8-11,14H,5-7H2,1-2H3,(H,17,19)(H,18,20). The molecule has 2 aromatic rings. The number of aromatic amines is 1. The average Bonchev–Trinajstić information content (AvgIpc) is 2.84. The Morgan fingerprint density at radius 3 is 2.75 bits per heavy atom. The molecule has 2 atom stereocenters. The number of nitrogens with one attached hydrogen (secondary N) is 2. The SMILES string of the molecule is CC1CC(C)CC(NC(=O)c2ccc3cn[nH]c3c2)C1. The first kappa shape index (κ1) is 13.2. The second-order valence-electron chi connectivity index (χ2n) is 6.26. The summed E-state index contributed by atoms with van der Waals surface area (Å²) in [4.78, 5) is 12.3. The Bertz CT molecular complexity index is 609. The van der Waals surface area contributed by atoms with Crippen LogP contribution in [0.4, 0.5) is 0 Å². The predicted molar refractivity (Wildman–Crippen MR) is 79.5 cm³/mol. The zero-order chi connectivity index (χ0) is 14.1. The summed E-state index contributed by atoms with van der Waals surface area (Å²) in [5, 5.41) is 11.1. The molecule has 0 aliphatic heterocycles. The van der Waals surface area contributed by atoms with Gasteiger partial charge in [-0.05, 0) is 43.2 Å². The number of carbonyl (C=O) groups is 1. The van der Waals surface area contributed by atoms with Gasteiger partial charge in [-0.3, -0.25) is 9.89 Å². The molecule has 0 bridgehead atoms. The summed E-state index contributed by atoms with van der Waals surface area (Å²) in [6, 6.07) is 5.97. The third-order valence-corrected chi connectivity index (χ3v) is 4.22. The number of hydrogen-bond acceptors (Lipinski definition) is 2. The number of benzene rings is 1. The quantitative estimate of drug-likeness (QED) is 0.881. The third-order valence-electron chi connectivity index (χ3n) is 4.22. The van der Waals surface area contributed by atoms with E-state index in [4.69, 9.17) is 0 Å². The zero-order valence-corrected chi connectivity index (χ0v) is 12.0. The lowest BCUT2D eigenvalue weighted by atomic mass is 9.80. The van der Waals surface area contributed by atoms with E-state index in [0.717, 1.165) is 23.7 Å². The molecule has 4 heteroatoms. The second kappa shape index (κ2) is 5.27. The fourth-order valence-electron chi connectivity index (χ4n) is 3.41. The van der Waals surface area contributed by atoms with Crippen molar-refractivity contribution in [3.05, 3.63) is 30.0 Å². The van der Waals surface area contributed by atoms with Gasteiger partial charge in [-0.1, -0.05) is 19.9 Å². The van der Waals surface area contributed by atoms with Crippen LogP contribution in [0.25, 0.3) is 10.9 Å². The first-order valence-corrected chi connectivity index (χ1v) is 7.36. The molecular weight excluding hydrogens is 250 g/mol. The van der Waals surface area contributed by atoms with Crippen LogP contribution in [-0.2, 0) is 0 Å². The molecule has 2 N–H and O–H groups in total. The van der Waals surface area contributed by atoms with Crippen LogP contribution < -0.4 is 5.32 Å². The summed E-state index contributed by atoms with van der Waals surface area (Å²) in [6.45, 7) is 4.54. The van der Waals surface area contributed by atoms with Crippen LogP contribution in [0.15, 0.2) is 24.4 Å². The Hall–Kier alpha value is -1.84. The molecular formula is C16H21N3O. The Balaban J connectivity index is 1.72. The summed E-state index contributed by atoms with van der Waals surface area (Å²) in [5.41, 5.74) is 1.61. The molecule has 3 rings (SSSR count). The van der Waals surface area contributed by atoms with Gasteiger partial charge >= 0.3 is 0 Å². The van der Waals surface area contributed by atoms with Crippen molar-refractivity contribution in [3.63, 3.8) is 0 Å². The summed E-state index contributed by atoms with van der Waals surface area (Å²) in [6.07, 6.45) is 5.21. The van der Waals surface area contributed by atoms with Crippen LogP contribution in [0.2, 0.25) is 0 Å². The lowest BCUT2D eigenvalue weighted by Gasteiger charge is -2.31. The van der Waals surface area contributed by atoms with E-state index in [1.165, 1.54) is 6.42 Å². The van der Waals surface area contributed by atoms with Crippen molar-refractivity contribution in [3.8, 4) is 0 Å². The normalized spacial score (nSPS) is 26.6. The number of amides is 1. The van der Waals surface area contributed by atoms with Gasteiger partial charge in [-0.25, -0.2) is 0 Å². The van der Waals surface area contributed by atoms with Crippen molar-refractivity contribution >= 4 is 16.8 Å². The fraction of sp³-hybridized carbons (Fsp3) is 0.500. The minimum absolute atomic E-state index is 0.0211. The summed E-state index contributed by atoms with van der Waals surface area (Å²) >= 11 is 0. The lowest BCUT2D eigenvalue weighted by molar-refractivity contribution is 0.0911. The number of H-pyrrole nitrogens is 1. The maximum Gasteiger partial charge on any atom is 0.251 e. The molecule has 1 heterocycles. The smallest absolute Gasteiger partial charge is 0.251 e. The van der Waals surface area contributed by atoms with E-state index in [1.54, 1.807) is 6.20 Å². The van der Waals surface area contributed by atoms with Crippen molar-refractivity contribution in [2.45, 2.75) is 39.2 Å². The van der Waals surface area contributed by atoms with Gasteiger partial charge in [0.25, 0.3) is 5.91 Å². The van der Waals surface area contributed by atoms with Crippen LogP contribution in [0.1, 0.15) is 43.5 Å². The molecule has 0 radical (unpaired) electrons. The van der Waals surface area contributed by atoms with E-state index in [-0.39, 0.29) is 5.91 Å². The maximum atomic E-state index is 12.3. The van der Waals surface area contributed by atoms with Gasteiger partial charge < -0.3 is 5.32 Å². The van der Waals surface area contributed by atoms with Gasteiger partial charge in [0.15, 0.2) is 0 Å². The number of fused-ring (bicyclic) bond motifs is 1. The zero-order valence-electron chi connectivity index (χ0n) is 12.0. The third kappa shape index (κ3) is 2.69. The maximum absolute atomic E-state index is 12.3. The molecule has 2 unspecified atom stereocenters. The monoisotopic (exact) mass is 271 g/mol. The van der Waals surface area contributed by atoms with Crippen molar-refractivity contribution in [2.75, 3.05) is 0 Å². The Morgan fingerprint density at radius 1 is 1.25 bits per heavy atom. The lowest BCUT2D eigenvalue weighted by Crippen LogP contribution is -2.40. The molecule has 1 fully saturated rings. The molecule has 1 aromatic carbocycles. The fourth-order valence-corrected chi connectivity index (χ4v) is 3.41. The molecule has 1 saturated carbocycles. The summed E-state index contributed by atoms with van der Waals surface area (Å²) in [7, 11) is 0. The molecule has 4 nitrogen and oxygen atoms in total. The second-order valence-corrected chi connectivity index (χ2v) is 6.26. The van der Waals surface area contributed by atoms with Crippen LogP contribution in [0, 0.1) is 11.8 Å². The van der Waals surface area contributed by atoms with Gasteiger partial charge in [-0.2, -0.15) is 5.10 Å². The summed E-state index contributed by atoms with van der Waals surface area (Å²) in [5.74, 6) is 1.41. The van der Waals surface area contributed by atoms with E-state index in [9.17, 15) is 4.79 Å². The van der Waals surface area contributed by atoms with E-state index in [1.807, 2.05) is 18.2 Å². The number of nitrogens with zero attached hydrogens (tertiary/aromatic N) is 1. The van der Waals surface area contributed by atoms with Gasteiger partial charge in [0, 0.05) is 17.0 Å². The molecule has 1 aliphatic carbocycles. The molecule has 1 aromatic heterocycles. The average molecular weight is 271 g/mol. The van der Waals surface area contributed by atoms with Gasteiger partial charge in [0.1, 0.15) is 0 Å². The van der Waals surface area contributed by atoms with Gasteiger partial charge in [0.05, 0.1) is 11.7 Å². The van der Waals surface area contributed by atoms with Gasteiger partial charge in [0.2, 0.25) is 0 Å². The minimum Gasteiger partial charge on any atom is -0.349 e. The van der Waals surface area contributed by atoms with E-state index in [2.05, 4.69) is 29.4 Å². The topological polar surface area (TPSA) is 57.8 Å². The largest absolute Gasteiger partial charge is 0.349 e.